The fourth-order valence-electron chi connectivity index (χ4n) is 1.50. The van der Waals surface area contributed by atoms with Crippen LogP contribution in [0.4, 0.5) is 0 Å². The van der Waals surface area contributed by atoms with Crippen molar-refractivity contribution in [1.29, 1.82) is 0 Å². The number of amides is 1. The van der Waals surface area contributed by atoms with Gasteiger partial charge in [0.25, 0.3) is 5.91 Å². The quantitative estimate of drug-likeness (QED) is 0.770. The molecule has 1 aliphatic rings. The van der Waals surface area contributed by atoms with Crippen molar-refractivity contribution in [2.24, 2.45) is 0 Å². The summed E-state index contributed by atoms with van der Waals surface area (Å²) in [6.07, 6.45) is 0. The highest BCUT2D eigenvalue weighted by atomic mass is 35.5. The topological polar surface area (TPSA) is 44.4 Å². The lowest BCUT2D eigenvalue weighted by Gasteiger charge is -2.17. The Morgan fingerprint density at radius 3 is 2.61 bits per heavy atom. The van der Waals surface area contributed by atoms with Crippen LogP contribution in [0.2, 0.25) is 5.02 Å². The summed E-state index contributed by atoms with van der Waals surface area (Å²) in [6.45, 7) is 1.40. The van der Waals surface area contributed by atoms with Gasteiger partial charge in [-0.05, 0) is 48.7 Å². The van der Waals surface area contributed by atoms with Crippen LogP contribution in [0.25, 0.3) is 0 Å². The summed E-state index contributed by atoms with van der Waals surface area (Å²) < 4.78 is 0. The van der Waals surface area contributed by atoms with Gasteiger partial charge in [0.2, 0.25) is 0 Å². The molecule has 2 rings (SSSR count). The molecule has 0 bridgehead atoms. The van der Waals surface area contributed by atoms with E-state index in [-0.39, 0.29) is 5.91 Å². The number of hydrogen-bond donors (Lipinski definition) is 2. The molecule has 1 saturated heterocycles. The van der Waals surface area contributed by atoms with Gasteiger partial charge < -0.3 is 5.32 Å². The third-order valence-electron chi connectivity index (χ3n) is 2.43. The van der Waals surface area contributed by atoms with Crippen molar-refractivity contribution in [2.45, 2.75) is 0 Å². The number of carbonyl (C=O) groups excluding carboxylic acids is 1. The van der Waals surface area contributed by atoms with E-state index >= 15 is 0 Å². The molecule has 0 spiro atoms. The highest BCUT2D eigenvalue weighted by Crippen LogP contribution is 2.09. The van der Waals surface area contributed by atoms with E-state index in [1.807, 2.05) is 0 Å². The van der Waals surface area contributed by atoms with Crippen molar-refractivity contribution >= 4 is 52.2 Å². The van der Waals surface area contributed by atoms with Gasteiger partial charge in [0.05, 0.1) is 0 Å². The molecule has 1 aliphatic heterocycles. The summed E-state index contributed by atoms with van der Waals surface area (Å²) in [5, 5.41) is 7.04. The predicted molar refractivity (Wildman–Crippen MR) is 78.8 cm³/mol. The van der Waals surface area contributed by atoms with Gasteiger partial charge in [0.15, 0.2) is 10.2 Å². The number of nitrogens with zero attached hydrogens (tertiary/aromatic N) is 1. The van der Waals surface area contributed by atoms with E-state index in [0.29, 0.717) is 27.4 Å². The number of nitrogens with one attached hydrogen (secondary N) is 2. The second-order valence-corrected chi connectivity index (χ2v) is 4.86. The molecule has 1 aromatic carbocycles. The van der Waals surface area contributed by atoms with Gasteiger partial charge in [0.1, 0.15) is 0 Å². The molecule has 0 saturated carbocycles. The number of hydrogen-bond acceptors (Lipinski definition) is 3. The first kappa shape index (κ1) is 13.2. The van der Waals surface area contributed by atoms with Crippen molar-refractivity contribution in [3.63, 3.8) is 0 Å². The monoisotopic (exact) mass is 299 g/mol. The molecule has 0 atom stereocenters. The summed E-state index contributed by atoms with van der Waals surface area (Å²) in [7, 11) is 0. The third-order valence-corrected chi connectivity index (χ3v) is 3.37. The van der Waals surface area contributed by atoms with Gasteiger partial charge in [-0.15, -0.1) is 0 Å². The normalized spacial score (nSPS) is 14.3. The van der Waals surface area contributed by atoms with E-state index in [2.05, 4.69) is 10.6 Å². The maximum atomic E-state index is 11.9. The number of halogens is 1. The molecule has 0 aromatic heterocycles. The van der Waals surface area contributed by atoms with Crippen molar-refractivity contribution in [2.75, 3.05) is 13.1 Å². The van der Waals surface area contributed by atoms with Crippen LogP contribution in [-0.4, -0.2) is 34.1 Å². The Hall–Kier alpha value is -1.24. The van der Waals surface area contributed by atoms with Gasteiger partial charge in [0, 0.05) is 23.7 Å². The predicted octanol–water partition coefficient (Wildman–Crippen LogP) is 1.54. The van der Waals surface area contributed by atoms with Crippen LogP contribution in [0, 0.1) is 0 Å². The highest BCUT2D eigenvalue weighted by Gasteiger charge is 2.21. The first-order valence-corrected chi connectivity index (χ1v) is 6.43. The minimum atomic E-state index is -0.272. The summed E-state index contributed by atoms with van der Waals surface area (Å²) in [6, 6.07) is 6.59. The second kappa shape index (κ2) is 5.60. The summed E-state index contributed by atoms with van der Waals surface area (Å²) in [5.74, 6) is -0.272. The van der Waals surface area contributed by atoms with Crippen molar-refractivity contribution in [3.05, 3.63) is 34.9 Å². The SMILES string of the molecule is O=C(NC(=S)N1CCNC1=S)c1ccc(Cl)cc1. The fourth-order valence-corrected chi connectivity index (χ4v) is 2.25. The zero-order valence-corrected chi connectivity index (χ0v) is 11.7. The number of rotatable bonds is 1. The average Bonchev–Trinajstić information content (AvgIpc) is 2.76. The van der Waals surface area contributed by atoms with Crippen LogP contribution in [0.15, 0.2) is 24.3 Å². The smallest absolute Gasteiger partial charge is 0.257 e. The summed E-state index contributed by atoms with van der Waals surface area (Å²) >= 11 is 15.9. The van der Waals surface area contributed by atoms with E-state index in [4.69, 9.17) is 36.0 Å². The van der Waals surface area contributed by atoms with E-state index in [1.54, 1.807) is 29.2 Å². The van der Waals surface area contributed by atoms with Crippen molar-refractivity contribution in [1.82, 2.24) is 15.5 Å². The Balaban J connectivity index is 2.01. The molecule has 7 heteroatoms. The largest absolute Gasteiger partial charge is 0.360 e. The Morgan fingerprint density at radius 1 is 1.39 bits per heavy atom. The highest BCUT2D eigenvalue weighted by molar-refractivity contribution is 7.81. The number of carbonyl (C=O) groups is 1. The maximum absolute atomic E-state index is 11.9. The molecular formula is C11H10ClN3OS2. The minimum Gasteiger partial charge on any atom is -0.360 e. The Kier molecular flexibility index (Phi) is 4.11. The molecule has 1 amide bonds. The third kappa shape index (κ3) is 2.95. The van der Waals surface area contributed by atoms with Gasteiger partial charge in [-0.25, -0.2) is 0 Å². The Labute approximate surface area is 120 Å². The molecule has 2 N–H and O–H groups in total. The zero-order valence-electron chi connectivity index (χ0n) is 9.27. The summed E-state index contributed by atoms with van der Waals surface area (Å²) in [5.41, 5.74) is 0.500. The molecule has 0 unspecified atom stereocenters. The van der Waals surface area contributed by atoms with Gasteiger partial charge in [-0.3, -0.25) is 15.0 Å². The lowest BCUT2D eigenvalue weighted by atomic mass is 10.2. The van der Waals surface area contributed by atoms with E-state index < -0.39 is 0 Å². The van der Waals surface area contributed by atoms with Crippen LogP contribution in [0.3, 0.4) is 0 Å². The lowest BCUT2D eigenvalue weighted by Crippen LogP contribution is -2.44. The lowest BCUT2D eigenvalue weighted by molar-refractivity contribution is 0.0975. The van der Waals surface area contributed by atoms with Crippen LogP contribution in [-0.2, 0) is 0 Å². The van der Waals surface area contributed by atoms with Gasteiger partial charge >= 0.3 is 0 Å². The van der Waals surface area contributed by atoms with Crippen LogP contribution in [0.5, 0.6) is 0 Å². The maximum Gasteiger partial charge on any atom is 0.257 e. The van der Waals surface area contributed by atoms with Crippen LogP contribution in [0.1, 0.15) is 10.4 Å². The van der Waals surface area contributed by atoms with E-state index in [0.717, 1.165) is 6.54 Å². The summed E-state index contributed by atoms with van der Waals surface area (Å²) in [4.78, 5) is 13.6. The second-order valence-electron chi connectivity index (χ2n) is 3.65. The molecule has 0 aliphatic carbocycles. The number of thiocarbonyl (C=S) groups is 2. The van der Waals surface area contributed by atoms with E-state index in [1.165, 1.54) is 0 Å². The molecular weight excluding hydrogens is 290 g/mol. The molecule has 94 valence electrons. The molecule has 1 fully saturated rings. The molecule has 1 aromatic rings. The van der Waals surface area contributed by atoms with E-state index in [9.17, 15) is 4.79 Å². The molecule has 0 radical (unpaired) electrons. The fraction of sp³-hybridized carbons (Fsp3) is 0.182. The average molecular weight is 300 g/mol. The molecule has 4 nitrogen and oxygen atoms in total. The first-order chi connectivity index (χ1) is 8.58. The van der Waals surface area contributed by atoms with Gasteiger partial charge in [-0.1, -0.05) is 11.6 Å². The Bertz CT molecular complexity index is 504. The number of benzene rings is 1. The minimum absolute atomic E-state index is 0.272. The van der Waals surface area contributed by atoms with Crippen LogP contribution >= 0.6 is 36.0 Å². The standard InChI is InChI=1S/C11H10ClN3OS2/c12-8-3-1-7(2-4-8)9(16)14-11(18)15-6-5-13-10(15)17/h1-4H,5-6H2,(H,13,17)(H,14,16,18). The van der Waals surface area contributed by atoms with Crippen molar-refractivity contribution < 1.29 is 4.79 Å². The zero-order chi connectivity index (χ0) is 13.1. The first-order valence-electron chi connectivity index (χ1n) is 5.24. The van der Waals surface area contributed by atoms with Gasteiger partial charge in [-0.2, -0.15) is 0 Å². The van der Waals surface area contributed by atoms with Crippen molar-refractivity contribution in [3.8, 4) is 0 Å². The molecule has 1 heterocycles. The Morgan fingerprint density at radius 2 is 2.06 bits per heavy atom. The van der Waals surface area contributed by atoms with Crippen LogP contribution < -0.4 is 10.6 Å². The molecule has 18 heavy (non-hydrogen) atoms.